The monoisotopic (exact) mass is 456 g/mol. The number of ether oxygens (including phenoxy) is 2. The van der Waals surface area contributed by atoms with Crippen LogP contribution in [0.4, 0.5) is 11.4 Å². The summed E-state index contributed by atoms with van der Waals surface area (Å²) in [6.07, 6.45) is 3.61. The first-order chi connectivity index (χ1) is 15.9. The fourth-order valence-corrected chi connectivity index (χ4v) is 3.93. The minimum absolute atomic E-state index is 0.129. The van der Waals surface area contributed by atoms with Crippen LogP contribution < -0.4 is 25.8 Å². The van der Waals surface area contributed by atoms with Gasteiger partial charge in [0.1, 0.15) is 0 Å². The standard InChI is InChI=1S/C24H32N4O5/c1-3-32-22-12-5-16(13-23(22)33-4-2)15-26-24(29)20-14-19(28(30)31)10-11-21(20)27-18-8-6-17(25)7-9-18/h5,10-14,17-18,27H,3-4,6-9,15,25H2,1-2H3,(H,26,29)/t17-,18-. The molecule has 3 rings (SSSR count). The fraction of sp³-hybridized carbons (Fsp3) is 0.458. The number of nitrogens with two attached hydrogens (primary N) is 1. The molecule has 0 aliphatic heterocycles. The van der Waals surface area contributed by atoms with Crippen LogP contribution in [0.1, 0.15) is 55.5 Å². The van der Waals surface area contributed by atoms with Crippen molar-refractivity contribution in [3.8, 4) is 11.5 Å². The third-order valence-corrected chi connectivity index (χ3v) is 5.65. The van der Waals surface area contributed by atoms with Crippen LogP contribution in [0.5, 0.6) is 11.5 Å². The molecule has 1 amide bonds. The Morgan fingerprint density at radius 2 is 1.76 bits per heavy atom. The number of nitrogens with one attached hydrogen (secondary N) is 2. The maximum atomic E-state index is 13.0. The molecule has 4 N–H and O–H groups in total. The Balaban J connectivity index is 1.75. The van der Waals surface area contributed by atoms with Crippen molar-refractivity contribution >= 4 is 17.3 Å². The van der Waals surface area contributed by atoms with Gasteiger partial charge in [0.2, 0.25) is 0 Å². The number of nitro groups is 1. The smallest absolute Gasteiger partial charge is 0.270 e. The third-order valence-electron chi connectivity index (χ3n) is 5.65. The van der Waals surface area contributed by atoms with E-state index in [0.717, 1.165) is 31.2 Å². The van der Waals surface area contributed by atoms with Crippen molar-refractivity contribution in [2.45, 2.75) is 58.2 Å². The molecular formula is C24H32N4O5. The van der Waals surface area contributed by atoms with E-state index in [4.69, 9.17) is 15.2 Å². The van der Waals surface area contributed by atoms with Crippen LogP contribution in [-0.4, -0.2) is 36.1 Å². The van der Waals surface area contributed by atoms with Gasteiger partial charge in [-0.25, -0.2) is 0 Å². The second-order valence-corrected chi connectivity index (χ2v) is 8.07. The zero-order valence-corrected chi connectivity index (χ0v) is 19.1. The fourth-order valence-electron chi connectivity index (χ4n) is 3.93. The first-order valence-corrected chi connectivity index (χ1v) is 11.4. The molecule has 2 aromatic carbocycles. The van der Waals surface area contributed by atoms with Gasteiger partial charge in [-0.1, -0.05) is 6.07 Å². The van der Waals surface area contributed by atoms with Crippen molar-refractivity contribution in [3.63, 3.8) is 0 Å². The van der Waals surface area contributed by atoms with Crippen LogP contribution in [0.2, 0.25) is 0 Å². The van der Waals surface area contributed by atoms with Crippen molar-refractivity contribution in [1.29, 1.82) is 0 Å². The van der Waals surface area contributed by atoms with Crippen LogP contribution in [0, 0.1) is 10.1 Å². The van der Waals surface area contributed by atoms with Gasteiger partial charge in [-0.15, -0.1) is 0 Å². The average molecular weight is 457 g/mol. The highest BCUT2D eigenvalue weighted by Gasteiger charge is 2.22. The minimum atomic E-state index is -0.499. The summed E-state index contributed by atoms with van der Waals surface area (Å²) < 4.78 is 11.2. The molecule has 1 fully saturated rings. The van der Waals surface area contributed by atoms with Gasteiger partial charge in [-0.2, -0.15) is 0 Å². The number of rotatable bonds is 10. The minimum Gasteiger partial charge on any atom is -0.490 e. The summed E-state index contributed by atoms with van der Waals surface area (Å²) in [6, 6.07) is 10.2. The molecule has 1 aliphatic carbocycles. The Bertz CT molecular complexity index is 973. The quantitative estimate of drug-likeness (QED) is 0.364. The number of hydrogen-bond acceptors (Lipinski definition) is 7. The molecule has 178 valence electrons. The molecule has 0 radical (unpaired) electrons. The number of nitrogens with zero attached hydrogens (tertiary/aromatic N) is 1. The van der Waals surface area contributed by atoms with Crippen molar-refractivity contribution in [2.24, 2.45) is 5.73 Å². The van der Waals surface area contributed by atoms with Crippen molar-refractivity contribution in [1.82, 2.24) is 5.32 Å². The molecule has 33 heavy (non-hydrogen) atoms. The van der Waals surface area contributed by atoms with Crippen molar-refractivity contribution < 1.29 is 19.2 Å². The number of hydrogen-bond donors (Lipinski definition) is 3. The summed E-state index contributed by atoms with van der Waals surface area (Å²) in [5.41, 5.74) is 7.52. The number of nitro benzene ring substituents is 1. The Hall–Kier alpha value is -3.33. The average Bonchev–Trinajstić information content (AvgIpc) is 2.81. The van der Waals surface area contributed by atoms with E-state index in [2.05, 4.69) is 10.6 Å². The molecule has 0 saturated heterocycles. The molecule has 2 aromatic rings. The van der Waals surface area contributed by atoms with Gasteiger partial charge in [0.05, 0.1) is 23.7 Å². The maximum Gasteiger partial charge on any atom is 0.270 e. The van der Waals surface area contributed by atoms with Crippen LogP contribution >= 0.6 is 0 Å². The lowest BCUT2D eigenvalue weighted by molar-refractivity contribution is -0.384. The first-order valence-electron chi connectivity index (χ1n) is 11.4. The van der Waals surface area contributed by atoms with E-state index >= 15 is 0 Å². The highest BCUT2D eigenvalue weighted by Crippen LogP contribution is 2.29. The third kappa shape index (κ3) is 6.58. The molecule has 9 nitrogen and oxygen atoms in total. The van der Waals surface area contributed by atoms with Crippen LogP contribution in [0.15, 0.2) is 36.4 Å². The lowest BCUT2D eigenvalue weighted by atomic mass is 9.91. The summed E-state index contributed by atoms with van der Waals surface area (Å²) >= 11 is 0. The summed E-state index contributed by atoms with van der Waals surface area (Å²) in [5.74, 6) is 0.867. The van der Waals surface area contributed by atoms with Gasteiger partial charge in [-0.05, 0) is 63.3 Å². The van der Waals surface area contributed by atoms with Gasteiger partial charge in [0.15, 0.2) is 11.5 Å². The second-order valence-electron chi connectivity index (χ2n) is 8.07. The van der Waals surface area contributed by atoms with Gasteiger partial charge < -0.3 is 25.8 Å². The zero-order chi connectivity index (χ0) is 23.8. The topological polar surface area (TPSA) is 129 Å². The summed E-state index contributed by atoms with van der Waals surface area (Å²) in [7, 11) is 0. The van der Waals surface area contributed by atoms with Gasteiger partial charge >= 0.3 is 0 Å². The van der Waals surface area contributed by atoms with E-state index in [0.29, 0.717) is 30.4 Å². The van der Waals surface area contributed by atoms with E-state index in [1.54, 1.807) is 6.07 Å². The van der Waals surface area contributed by atoms with Gasteiger partial charge in [-0.3, -0.25) is 14.9 Å². The molecule has 1 saturated carbocycles. The summed E-state index contributed by atoms with van der Waals surface area (Å²) in [4.78, 5) is 23.8. The number of non-ortho nitro benzene ring substituents is 1. The Labute approximate surface area is 193 Å². The van der Waals surface area contributed by atoms with Gasteiger partial charge in [0, 0.05) is 36.4 Å². The lowest BCUT2D eigenvalue weighted by Crippen LogP contribution is -2.33. The normalized spacial score (nSPS) is 17.8. The Kier molecular flexibility index (Phi) is 8.48. The molecule has 0 spiro atoms. The molecule has 0 aromatic heterocycles. The van der Waals surface area contributed by atoms with Crippen LogP contribution in [0.25, 0.3) is 0 Å². The highest BCUT2D eigenvalue weighted by atomic mass is 16.6. The summed E-state index contributed by atoms with van der Waals surface area (Å²) in [6.45, 7) is 5.04. The Morgan fingerprint density at radius 3 is 2.42 bits per heavy atom. The largest absolute Gasteiger partial charge is 0.490 e. The van der Waals surface area contributed by atoms with Crippen molar-refractivity contribution in [3.05, 3.63) is 57.6 Å². The molecule has 9 heteroatoms. The molecule has 0 heterocycles. The van der Waals surface area contributed by atoms with Gasteiger partial charge in [0.25, 0.3) is 11.6 Å². The molecule has 0 bridgehead atoms. The highest BCUT2D eigenvalue weighted by molar-refractivity contribution is 6.00. The predicted molar refractivity (Wildman–Crippen MR) is 127 cm³/mol. The van der Waals surface area contributed by atoms with Crippen LogP contribution in [-0.2, 0) is 6.54 Å². The van der Waals surface area contributed by atoms with Crippen LogP contribution in [0.3, 0.4) is 0 Å². The molecule has 1 aliphatic rings. The molecular weight excluding hydrogens is 424 g/mol. The first kappa shape index (κ1) is 24.3. The predicted octanol–water partition coefficient (Wildman–Crippen LogP) is 4.00. The summed E-state index contributed by atoms with van der Waals surface area (Å²) in [5, 5.41) is 17.5. The van der Waals surface area contributed by atoms with E-state index in [1.165, 1.54) is 12.1 Å². The van der Waals surface area contributed by atoms with Crippen molar-refractivity contribution in [2.75, 3.05) is 18.5 Å². The SMILES string of the molecule is CCOc1ccc(CNC(=O)c2cc([N+](=O)[O-])ccc2N[C@H]2CC[C@H](N)CC2)cc1OCC. The Morgan fingerprint density at radius 1 is 1.06 bits per heavy atom. The van der Waals surface area contributed by atoms with E-state index in [1.807, 2.05) is 32.0 Å². The number of carbonyl (C=O) groups is 1. The number of carbonyl (C=O) groups excluding carboxylic acids is 1. The number of amides is 1. The number of benzene rings is 2. The lowest BCUT2D eigenvalue weighted by Gasteiger charge is -2.28. The van der Waals surface area contributed by atoms with E-state index in [-0.39, 0.29) is 35.8 Å². The maximum absolute atomic E-state index is 13.0. The molecule has 0 unspecified atom stereocenters. The van der Waals surface area contributed by atoms with E-state index < -0.39 is 4.92 Å². The zero-order valence-electron chi connectivity index (χ0n) is 19.1. The second kappa shape index (κ2) is 11.5. The molecule has 0 atom stereocenters. The van der Waals surface area contributed by atoms with E-state index in [9.17, 15) is 14.9 Å². The number of anilines is 1.